The highest BCUT2D eigenvalue weighted by atomic mass is 16.6. The second-order valence-corrected chi connectivity index (χ2v) is 9.65. The van der Waals surface area contributed by atoms with Gasteiger partial charge in [-0.15, -0.1) is 0 Å². The first-order valence-corrected chi connectivity index (χ1v) is 12.6. The number of nitrogens with zero attached hydrogens (tertiary/aromatic N) is 3. The monoisotopic (exact) mass is 486 g/mol. The van der Waals surface area contributed by atoms with E-state index in [-0.39, 0.29) is 16.8 Å². The molecule has 6 rings (SSSR count). The first kappa shape index (κ1) is 23.8. The van der Waals surface area contributed by atoms with E-state index < -0.39 is 4.92 Å². The Morgan fingerprint density at radius 2 is 1.28 bits per heavy atom. The van der Waals surface area contributed by atoms with Crippen LogP contribution in [0, 0.1) is 10.1 Å². The molecule has 2 saturated carbocycles. The summed E-state index contributed by atoms with van der Waals surface area (Å²) in [6, 6.07) is 14.0. The number of rotatable bonds is 5. The quantitative estimate of drug-likeness (QED) is 0.234. The van der Waals surface area contributed by atoms with Crippen molar-refractivity contribution in [1.82, 2.24) is 9.13 Å². The number of nitrogen functional groups attached to an aromatic ring is 1. The Kier molecular flexibility index (Phi) is 6.12. The molecule has 0 atom stereocenters. The van der Waals surface area contributed by atoms with Crippen LogP contribution < -0.4 is 16.9 Å². The summed E-state index contributed by atoms with van der Waals surface area (Å²) >= 11 is 0. The zero-order chi connectivity index (χ0) is 25.6. The average molecular weight is 487 g/mol. The van der Waals surface area contributed by atoms with E-state index in [2.05, 4.69) is 0 Å². The Bertz CT molecular complexity index is 1610. The van der Waals surface area contributed by atoms with Gasteiger partial charge in [0.2, 0.25) is 0 Å². The fraction of sp³-hybridized carbons (Fsp3) is 0.357. The molecule has 0 bridgehead atoms. The smallest absolute Gasteiger partial charge is 0.270 e. The van der Waals surface area contributed by atoms with E-state index in [1.807, 2.05) is 32.0 Å². The lowest BCUT2D eigenvalue weighted by atomic mass is 10.0. The molecular weight excluding hydrogens is 456 g/mol. The molecule has 36 heavy (non-hydrogen) atoms. The van der Waals surface area contributed by atoms with Gasteiger partial charge in [-0.25, -0.2) is 0 Å². The molecule has 0 aliphatic heterocycles. The lowest BCUT2D eigenvalue weighted by Gasteiger charge is -2.12. The van der Waals surface area contributed by atoms with Crippen molar-refractivity contribution in [2.75, 3.05) is 5.73 Å². The lowest BCUT2D eigenvalue weighted by Crippen LogP contribution is -2.19. The van der Waals surface area contributed by atoms with Gasteiger partial charge < -0.3 is 14.9 Å². The molecule has 0 amide bonds. The van der Waals surface area contributed by atoms with Crippen LogP contribution in [0.4, 0.5) is 11.4 Å². The Balaban J connectivity index is 0.000000149. The third kappa shape index (κ3) is 4.39. The molecule has 186 valence electrons. The molecule has 2 aromatic carbocycles. The van der Waals surface area contributed by atoms with Gasteiger partial charge >= 0.3 is 0 Å². The van der Waals surface area contributed by atoms with Gasteiger partial charge in [0.1, 0.15) is 0 Å². The molecule has 8 nitrogen and oxygen atoms in total. The predicted molar refractivity (Wildman–Crippen MR) is 143 cm³/mol. The van der Waals surface area contributed by atoms with Crippen LogP contribution in [0.15, 0.2) is 58.1 Å². The summed E-state index contributed by atoms with van der Waals surface area (Å²) in [6.45, 7) is 5.16. The van der Waals surface area contributed by atoms with Gasteiger partial charge in [-0.1, -0.05) is 0 Å². The molecular formula is C28H30N4O4. The van der Waals surface area contributed by atoms with Crippen LogP contribution in [0.25, 0.3) is 21.8 Å². The molecule has 2 N–H and O–H groups in total. The number of nitro groups is 1. The zero-order valence-corrected chi connectivity index (χ0v) is 20.6. The molecule has 8 heteroatoms. The number of aryl methyl sites for hydroxylation is 2. The van der Waals surface area contributed by atoms with Crippen LogP contribution in [0.3, 0.4) is 0 Å². The number of benzene rings is 2. The van der Waals surface area contributed by atoms with Gasteiger partial charge in [0.15, 0.2) is 0 Å². The second kappa shape index (κ2) is 9.26. The highest BCUT2D eigenvalue weighted by Crippen LogP contribution is 2.43. The van der Waals surface area contributed by atoms with Crippen molar-refractivity contribution in [1.29, 1.82) is 0 Å². The molecule has 0 saturated heterocycles. The molecule has 2 aliphatic rings. The lowest BCUT2D eigenvalue weighted by molar-refractivity contribution is -0.384. The summed E-state index contributed by atoms with van der Waals surface area (Å²) in [5, 5.41) is 12.9. The predicted octanol–water partition coefficient (Wildman–Crippen LogP) is 5.29. The van der Waals surface area contributed by atoms with E-state index in [9.17, 15) is 19.7 Å². The highest BCUT2D eigenvalue weighted by molar-refractivity contribution is 5.87. The fourth-order valence-corrected chi connectivity index (χ4v) is 5.06. The van der Waals surface area contributed by atoms with Gasteiger partial charge in [0.05, 0.1) is 16.0 Å². The molecule has 2 heterocycles. The third-order valence-electron chi connectivity index (χ3n) is 7.17. The molecule has 0 unspecified atom stereocenters. The summed E-state index contributed by atoms with van der Waals surface area (Å²) in [4.78, 5) is 34.6. The molecule has 2 aliphatic carbocycles. The van der Waals surface area contributed by atoms with Crippen LogP contribution in [0.2, 0.25) is 0 Å². The molecule has 0 spiro atoms. The van der Waals surface area contributed by atoms with Crippen LogP contribution in [-0.4, -0.2) is 14.1 Å². The Hall–Kier alpha value is -3.94. The number of aromatic nitrogens is 2. The average Bonchev–Trinajstić information content (AvgIpc) is 3.77. The number of hydrogen-bond donors (Lipinski definition) is 1. The normalized spacial score (nSPS) is 15.1. The first-order valence-electron chi connectivity index (χ1n) is 12.6. The van der Waals surface area contributed by atoms with Crippen molar-refractivity contribution in [2.45, 2.75) is 64.5 Å². The van der Waals surface area contributed by atoms with Crippen molar-refractivity contribution in [3.05, 3.63) is 90.5 Å². The van der Waals surface area contributed by atoms with Crippen LogP contribution >= 0.6 is 0 Å². The number of nitrogens with two attached hydrogens (primary N) is 1. The van der Waals surface area contributed by atoms with E-state index in [0.29, 0.717) is 24.9 Å². The SMILES string of the molecule is CCn1c(=O)cc(C2CC2)c2cc(N)ccc21.CCn1c(=O)cc(C2CC2)c2cc([N+](=O)[O-])ccc21. The minimum Gasteiger partial charge on any atom is -0.399 e. The molecule has 0 radical (unpaired) electrons. The second-order valence-electron chi connectivity index (χ2n) is 9.65. The van der Waals surface area contributed by atoms with Gasteiger partial charge in [0, 0.05) is 53.8 Å². The molecule has 2 fully saturated rings. The summed E-state index contributed by atoms with van der Waals surface area (Å²) in [6.07, 6.45) is 4.51. The fourth-order valence-electron chi connectivity index (χ4n) is 5.06. The number of nitro benzene ring substituents is 1. The van der Waals surface area contributed by atoms with Crippen LogP contribution in [0.5, 0.6) is 0 Å². The number of hydrogen-bond acceptors (Lipinski definition) is 5. The number of pyridine rings is 2. The first-order chi connectivity index (χ1) is 17.3. The Labute approximate surface area is 208 Å². The maximum atomic E-state index is 12.1. The molecule has 2 aromatic heterocycles. The number of fused-ring (bicyclic) bond motifs is 2. The van der Waals surface area contributed by atoms with E-state index in [0.717, 1.165) is 45.9 Å². The van der Waals surface area contributed by atoms with Crippen molar-refractivity contribution in [3.63, 3.8) is 0 Å². The van der Waals surface area contributed by atoms with Gasteiger partial charge in [-0.05, 0) is 86.8 Å². The van der Waals surface area contributed by atoms with E-state index in [1.165, 1.54) is 24.5 Å². The van der Waals surface area contributed by atoms with E-state index in [4.69, 9.17) is 5.73 Å². The summed E-state index contributed by atoms with van der Waals surface area (Å²) in [7, 11) is 0. The largest absolute Gasteiger partial charge is 0.399 e. The maximum Gasteiger partial charge on any atom is 0.270 e. The number of non-ortho nitro benzene ring substituents is 1. The minimum absolute atomic E-state index is 0.0225. The molecule has 4 aromatic rings. The van der Waals surface area contributed by atoms with Gasteiger partial charge in [-0.2, -0.15) is 0 Å². The van der Waals surface area contributed by atoms with Crippen molar-refractivity contribution < 1.29 is 4.92 Å². The highest BCUT2D eigenvalue weighted by Gasteiger charge is 2.28. The van der Waals surface area contributed by atoms with Crippen molar-refractivity contribution in [3.8, 4) is 0 Å². The van der Waals surface area contributed by atoms with Gasteiger partial charge in [-0.3, -0.25) is 19.7 Å². The summed E-state index contributed by atoms with van der Waals surface area (Å²) in [5.74, 6) is 0.960. The topological polar surface area (TPSA) is 113 Å². The minimum atomic E-state index is -0.391. The van der Waals surface area contributed by atoms with Crippen molar-refractivity contribution in [2.24, 2.45) is 0 Å². The van der Waals surface area contributed by atoms with Crippen LogP contribution in [-0.2, 0) is 13.1 Å². The Morgan fingerprint density at radius 3 is 1.72 bits per heavy atom. The summed E-state index contributed by atoms with van der Waals surface area (Å²) in [5.41, 5.74) is 10.7. The third-order valence-corrected chi connectivity index (χ3v) is 7.17. The zero-order valence-electron chi connectivity index (χ0n) is 20.6. The van der Waals surface area contributed by atoms with Gasteiger partial charge in [0.25, 0.3) is 16.8 Å². The maximum absolute atomic E-state index is 12.1. The summed E-state index contributed by atoms with van der Waals surface area (Å²) < 4.78 is 3.46. The van der Waals surface area contributed by atoms with Crippen molar-refractivity contribution >= 4 is 33.2 Å². The number of anilines is 1. The Morgan fingerprint density at radius 1 is 0.806 bits per heavy atom. The van der Waals surface area contributed by atoms with E-state index >= 15 is 0 Å². The van der Waals surface area contributed by atoms with E-state index in [1.54, 1.807) is 33.4 Å². The van der Waals surface area contributed by atoms with Crippen LogP contribution in [0.1, 0.15) is 62.5 Å². The standard InChI is InChI=1S/C14H14N2O3.C14H16N2O/c1-2-15-13-6-5-10(16(18)19)7-12(13)11(8-14(15)17)9-3-4-9;1-2-16-13-6-5-10(15)7-12(13)11(8-14(16)17)9-3-4-9/h5-9H,2-4H2,1H3;5-9H,2-4,15H2,1H3.